The molecule has 16 heavy (non-hydrogen) atoms. The van der Waals surface area contributed by atoms with Crippen LogP contribution >= 0.6 is 0 Å². The Morgan fingerprint density at radius 1 is 1.38 bits per heavy atom. The second-order valence-electron chi connectivity index (χ2n) is 4.41. The van der Waals surface area contributed by atoms with E-state index in [0.29, 0.717) is 12.5 Å². The van der Waals surface area contributed by atoms with Gasteiger partial charge in [-0.15, -0.1) is 0 Å². The highest BCUT2D eigenvalue weighted by molar-refractivity contribution is 5.53. The summed E-state index contributed by atoms with van der Waals surface area (Å²) in [4.78, 5) is 2.24. The number of halogens is 1. The van der Waals surface area contributed by atoms with Crippen LogP contribution in [0.2, 0.25) is 0 Å². The Morgan fingerprint density at radius 2 is 2.06 bits per heavy atom. The Hall–Kier alpha value is -1.09. The third-order valence-corrected chi connectivity index (χ3v) is 2.57. The molecule has 0 amide bonds. The van der Waals surface area contributed by atoms with E-state index in [1.165, 1.54) is 12.1 Å². The van der Waals surface area contributed by atoms with Gasteiger partial charge < -0.3 is 10.6 Å². The van der Waals surface area contributed by atoms with Gasteiger partial charge in [0.25, 0.3) is 0 Å². The molecule has 1 aromatic carbocycles. The first-order valence-corrected chi connectivity index (χ1v) is 5.81. The number of hydrogen-bond acceptors (Lipinski definition) is 2. The molecule has 2 nitrogen and oxygen atoms in total. The summed E-state index contributed by atoms with van der Waals surface area (Å²) in [5, 5.41) is 0. The largest absolute Gasteiger partial charge is 0.371 e. The average molecular weight is 224 g/mol. The first-order chi connectivity index (χ1) is 7.58. The van der Waals surface area contributed by atoms with E-state index in [-0.39, 0.29) is 5.82 Å². The summed E-state index contributed by atoms with van der Waals surface area (Å²) in [7, 11) is 0. The summed E-state index contributed by atoms with van der Waals surface area (Å²) in [5.74, 6) is 0.362. The molecule has 1 aromatic rings. The third kappa shape index (κ3) is 3.20. The van der Waals surface area contributed by atoms with Gasteiger partial charge in [-0.1, -0.05) is 13.8 Å². The fourth-order valence-electron chi connectivity index (χ4n) is 1.86. The van der Waals surface area contributed by atoms with E-state index >= 15 is 0 Å². The van der Waals surface area contributed by atoms with Crippen molar-refractivity contribution in [2.75, 3.05) is 18.0 Å². The third-order valence-electron chi connectivity index (χ3n) is 2.57. The van der Waals surface area contributed by atoms with Crippen LogP contribution in [-0.2, 0) is 6.54 Å². The summed E-state index contributed by atoms with van der Waals surface area (Å²) >= 11 is 0. The van der Waals surface area contributed by atoms with Crippen LogP contribution in [0.15, 0.2) is 18.2 Å². The Kier molecular flexibility index (Phi) is 4.74. The SMILES string of the molecule is CCN(CC(C)C)c1ccc(F)cc1CN. The van der Waals surface area contributed by atoms with E-state index < -0.39 is 0 Å². The lowest BCUT2D eigenvalue weighted by molar-refractivity contribution is 0.610. The molecule has 0 radical (unpaired) electrons. The van der Waals surface area contributed by atoms with Gasteiger partial charge in [-0.3, -0.25) is 0 Å². The van der Waals surface area contributed by atoms with Crippen LogP contribution in [0, 0.1) is 11.7 Å². The van der Waals surface area contributed by atoms with Gasteiger partial charge in [0.15, 0.2) is 0 Å². The topological polar surface area (TPSA) is 29.3 Å². The highest BCUT2D eigenvalue weighted by Crippen LogP contribution is 2.22. The molecule has 0 atom stereocenters. The zero-order chi connectivity index (χ0) is 12.1. The van der Waals surface area contributed by atoms with Crippen molar-refractivity contribution in [3.05, 3.63) is 29.6 Å². The standard InChI is InChI=1S/C13H21FN2/c1-4-16(9-10(2)3)13-6-5-12(14)7-11(13)8-15/h5-7,10H,4,8-9,15H2,1-3H3. The summed E-state index contributed by atoms with van der Waals surface area (Å²) < 4.78 is 13.1. The summed E-state index contributed by atoms with van der Waals surface area (Å²) in [6, 6.07) is 4.85. The van der Waals surface area contributed by atoms with E-state index in [2.05, 4.69) is 25.7 Å². The van der Waals surface area contributed by atoms with Crippen LogP contribution in [0.5, 0.6) is 0 Å². The fourth-order valence-corrected chi connectivity index (χ4v) is 1.86. The van der Waals surface area contributed by atoms with Crippen molar-refractivity contribution in [3.8, 4) is 0 Å². The van der Waals surface area contributed by atoms with Crippen molar-refractivity contribution >= 4 is 5.69 Å². The molecule has 0 aliphatic rings. The number of hydrogen-bond donors (Lipinski definition) is 1. The molecule has 0 aliphatic heterocycles. The van der Waals surface area contributed by atoms with Crippen molar-refractivity contribution in [3.63, 3.8) is 0 Å². The minimum Gasteiger partial charge on any atom is -0.371 e. The molecule has 3 heteroatoms. The van der Waals surface area contributed by atoms with E-state index in [0.717, 1.165) is 24.3 Å². The molecule has 0 heterocycles. The van der Waals surface area contributed by atoms with Crippen LogP contribution in [0.4, 0.5) is 10.1 Å². The molecule has 2 N–H and O–H groups in total. The molecule has 1 rings (SSSR count). The first-order valence-electron chi connectivity index (χ1n) is 5.81. The van der Waals surface area contributed by atoms with Crippen molar-refractivity contribution in [1.82, 2.24) is 0 Å². The molecule has 0 aromatic heterocycles. The number of nitrogens with zero attached hydrogens (tertiary/aromatic N) is 1. The maximum atomic E-state index is 13.1. The van der Waals surface area contributed by atoms with Crippen LogP contribution in [-0.4, -0.2) is 13.1 Å². The molecule has 90 valence electrons. The molecule has 0 saturated heterocycles. The predicted octanol–water partition coefficient (Wildman–Crippen LogP) is 2.77. The van der Waals surface area contributed by atoms with Gasteiger partial charge in [0.05, 0.1) is 0 Å². The van der Waals surface area contributed by atoms with Crippen LogP contribution in [0.3, 0.4) is 0 Å². The quantitative estimate of drug-likeness (QED) is 0.833. The molecular weight excluding hydrogens is 203 g/mol. The van der Waals surface area contributed by atoms with E-state index in [1.807, 2.05) is 6.07 Å². The van der Waals surface area contributed by atoms with Gasteiger partial charge in [-0.2, -0.15) is 0 Å². The van der Waals surface area contributed by atoms with Crippen LogP contribution in [0.1, 0.15) is 26.3 Å². The van der Waals surface area contributed by atoms with Crippen molar-refractivity contribution in [2.45, 2.75) is 27.3 Å². The molecule has 0 bridgehead atoms. The molecule has 0 unspecified atom stereocenters. The minimum atomic E-state index is -0.218. The maximum absolute atomic E-state index is 13.1. The fraction of sp³-hybridized carbons (Fsp3) is 0.538. The average Bonchev–Trinajstić information content (AvgIpc) is 2.25. The van der Waals surface area contributed by atoms with Gasteiger partial charge >= 0.3 is 0 Å². The number of nitrogens with two attached hydrogens (primary N) is 1. The first kappa shape index (κ1) is 13.0. The zero-order valence-corrected chi connectivity index (χ0v) is 10.3. The Morgan fingerprint density at radius 3 is 2.56 bits per heavy atom. The Balaban J connectivity index is 2.99. The summed E-state index contributed by atoms with van der Waals surface area (Å²) in [6.45, 7) is 8.71. The summed E-state index contributed by atoms with van der Waals surface area (Å²) in [5.41, 5.74) is 7.58. The van der Waals surface area contributed by atoms with E-state index in [1.54, 1.807) is 0 Å². The summed E-state index contributed by atoms with van der Waals surface area (Å²) in [6.07, 6.45) is 0. The zero-order valence-electron chi connectivity index (χ0n) is 10.3. The van der Waals surface area contributed by atoms with Crippen LogP contribution in [0.25, 0.3) is 0 Å². The van der Waals surface area contributed by atoms with Gasteiger partial charge in [0.2, 0.25) is 0 Å². The van der Waals surface area contributed by atoms with Gasteiger partial charge in [-0.05, 0) is 36.6 Å². The second-order valence-corrected chi connectivity index (χ2v) is 4.41. The highest BCUT2D eigenvalue weighted by atomic mass is 19.1. The number of anilines is 1. The van der Waals surface area contributed by atoms with Crippen molar-refractivity contribution in [2.24, 2.45) is 11.7 Å². The van der Waals surface area contributed by atoms with Gasteiger partial charge in [0.1, 0.15) is 5.82 Å². The van der Waals surface area contributed by atoms with Crippen LogP contribution < -0.4 is 10.6 Å². The molecule has 0 spiro atoms. The smallest absolute Gasteiger partial charge is 0.123 e. The highest BCUT2D eigenvalue weighted by Gasteiger charge is 2.11. The van der Waals surface area contributed by atoms with E-state index in [9.17, 15) is 4.39 Å². The Labute approximate surface area is 97.3 Å². The monoisotopic (exact) mass is 224 g/mol. The maximum Gasteiger partial charge on any atom is 0.123 e. The number of benzene rings is 1. The molecule has 0 saturated carbocycles. The predicted molar refractivity (Wildman–Crippen MR) is 67.0 cm³/mol. The minimum absolute atomic E-state index is 0.218. The molecular formula is C13H21FN2. The van der Waals surface area contributed by atoms with Gasteiger partial charge in [-0.25, -0.2) is 4.39 Å². The lowest BCUT2D eigenvalue weighted by Gasteiger charge is -2.27. The number of rotatable bonds is 5. The molecule has 0 fully saturated rings. The molecule has 0 aliphatic carbocycles. The van der Waals surface area contributed by atoms with Gasteiger partial charge in [0, 0.05) is 25.3 Å². The Bertz CT molecular complexity index is 337. The lowest BCUT2D eigenvalue weighted by atomic mass is 10.1. The lowest BCUT2D eigenvalue weighted by Crippen LogP contribution is -2.28. The van der Waals surface area contributed by atoms with Crippen molar-refractivity contribution in [1.29, 1.82) is 0 Å². The normalized spacial score (nSPS) is 10.9. The van der Waals surface area contributed by atoms with E-state index in [4.69, 9.17) is 5.73 Å². The van der Waals surface area contributed by atoms with Crippen molar-refractivity contribution < 1.29 is 4.39 Å². The second kappa shape index (κ2) is 5.85.